The Morgan fingerprint density at radius 3 is 1.65 bits per heavy atom. The molecule has 4 nitrogen and oxygen atoms in total. The van der Waals surface area contributed by atoms with Crippen LogP contribution in [0, 0.1) is 17.8 Å². The minimum Gasteiger partial charge on any atom is -0.310 e. The van der Waals surface area contributed by atoms with Gasteiger partial charge in [0.15, 0.2) is 0 Å². The molecule has 0 saturated heterocycles. The standard InChI is InChI=1S/C82H116N2O2S8/c1-7-13-19-25-27-31-39-59(37-29-21-15-9-3)57-83-77(69-49-45-67(89-69)73-55-61(41-33-23-17-11-5)79(93-73)71-51-47-65(91-71)63-43-35-53-87-63)75-76(81(83)85)78(84(82(75)86)58-60(38-30-22-16-10-4)40-32-28-26-20-14-8-2)70-50-46-68(90-70)74-56-62(42-34-24-18-12-6)80(94-74)72-52-48-66(92-72)64-44-36-54-88-64/h35,43-49,51,53,55-56,59-60,62,70,72,80H,7-34,36-42,50,52,54,57-58H2,1-6H3. The normalized spacial score (nSPS) is 20.4. The molecule has 514 valence electrons. The number of nitrogens with zero attached hydrogens (tertiary/aromatic N) is 2. The van der Waals surface area contributed by atoms with Crippen molar-refractivity contribution in [3.63, 3.8) is 0 Å². The lowest BCUT2D eigenvalue weighted by molar-refractivity contribution is -0.125. The molecule has 0 spiro atoms. The molecule has 6 unspecified atom stereocenters. The fourth-order valence-corrected chi connectivity index (χ4v) is 25.4. The van der Waals surface area contributed by atoms with E-state index in [-0.39, 0.29) is 17.1 Å². The lowest BCUT2D eigenvalue weighted by Gasteiger charge is -2.31. The third-order valence-electron chi connectivity index (χ3n) is 20.7. The van der Waals surface area contributed by atoms with Gasteiger partial charge in [-0.25, -0.2) is 0 Å². The van der Waals surface area contributed by atoms with Gasteiger partial charge in [-0.2, -0.15) is 0 Å². The van der Waals surface area contributed by atoms with E-state index in [1.54, 1.807) is 0 Å². The van der Waals surface area contributed by atoms with E-state index in [1.807, 2.05) is 57.1 Å². The predicted molar refractivity (Wildman–Crippen MR) is 425 cm³/mol. The Bertz CT molecular complexity index is 3200. The Morgan fingerprint density at radius 2 is 1.02 bits per heavy atom. The van der Waals surface area contributed by atoms with Gasteiger partial charge >= 0.3 is 0 Å². The van der Waals surface area contributed by atoms with E-state index in [9.17, 15) is 0 Å². The van der Waals surface area contributed by atoms with Gasteiger partial charge in [0, 0.05) is 83.9 Å². The van der Waals surface area contributed by atoms with Crippen molar-refractivity contribution in [2.24, 2.45) is 17.8 Å². The minimum absolute atomic E-state index is 0.000113. The molecule has 0 radical (unpaired) electrons. The number of rotatable bonds is 46. The van der Waals surface area contributed by atoms with Crippen LogP contribution in [-0.2, 0) is 16.0 Å². The Hall–Kier alpha value is -2.42. The molecule has 10 heterocycles. The Labute approximate surface area is 603 Å². The summed E-state index contributed by atoms with van der Waals surface area (Å²) in [7, 11) is 0. The number of fused-ring (bicyclic) bond motifs is 1. The minimum atomic E-state index is 0.000113. The van der Waals surface area contributed by atoms with Gasteiger partial charge < -0.3 is 9.80 Å². The molecule has 0 bridgehead atoms. The third-order valence-corrected chi connectivity index (χ3v) is 31.3. The molecule has 0 aliphatic carbocycles. The fourth-order valence-electron chi connectivity index (χ4n) is 15.3. The molecule has 4 aromatic rings. The Morgan fingerprint density at radius 1 is 0.479 bits per heavy atom. The zero-order valence-corrected chi connectivity index (χ0v) is 65.2. The van der Waals surface area contributed by atoms with Crippen LogP contribution >= 0.6 is 92.4 Å². The van der Waals surface area contributed by atoms with Crippen LogP contribution in [0.25, 0.3) is 35.0 Å². The van der Waals surface area contributed by atoms with Crippen molar-refractivity contribution < 1.29 is 9.59 Å². The molecular weight excluding hydrogens is 1300 g/mol. The Balaban J connectivity index is 1.03. The maximum absolute atomic E-state index is 16.6. The molecule has 6 aliphatic rings. The maximum atomic E-state index is 16.6. The van der Waals surface area contributed by atoms with Gasteiger partial charge in [0.25, 0.3) is 11.8 Å². The number of thioether (sulfide) groups is 4. The summed E-state index contributed by atoms with van der Waals surface area (Å²) in [6.45, 7) is 15.3. The number of amides is 2. The molecule has 94 heavy (non-hydrogen) atoms. The molecule has 0 fully saturated rings. The highest BCUT2D eigenvalue weighted by atomic mass is 32.2. The van der Waals surface area contributed by atoms with E-state index >= 15 is 9.59 Å². The van der Waals surface area contributed by atoms with Crippen LogP contribution in [0.1, 0.15) is 283 Å². The molecule has 2 amide bonds. The number of thiophene rings is 4. The van der Waals surface area contributed by atoms with Crippen molar-refractivity contribution in [2.75, 3.05) is 18.8 Å². The summed E-state index contributed by atoms with van der Waals surface area (Å²) in [6.07, 6.45) is 55.6. The molecule has 6 aliphatic heterocycles. The quantitative estimate of drug-likeness (QED) is 0.0411. The lowest BCUT2D eigenvalue weighted by atomic mass is 9.93. The van der Waals surface area contributed by atoms with Gasteiger partial charge in [-0.1, -0.05) is 245 Å². The first-order chi connectivity index (χ1) is 46.2. The molecule has 10 rings (SSSR count). The second kappa shape index (κ2) is 39.5. The van der Waals surface area contributed by atoms with E-state index in [2.05, 4.69) is 159 Å². The molecule has 4 aromatic heterocycles. The van der Waals surface area contributed by atoms with Gasteiger partial charge in [0.2, 0.25) is 0 Å². The third kappa shape index (κ3) is 20.0. The largest absolute Gasteiger partial charge is 0.310 e. The van der Waals surface area contributed by atoms with E-state index in [4.69, 9.17) is 0 Å². The number of hydrogen-bond donors (Lipinski definition) is 0. The van der Waals surface area contributed by atoms with Crippen molar-refractivity contribution in [2.45, 2.75) is 295 Å². The van der Waals surface area contributed by atoms with Crippen LogP contribution in [0.5, 0.6) is 0 Å². The summed E-state index contributed by atoms with van der Waals surface area (Å²) in [5, 5.41) is 3.32. The van der Waals surface area contributed by atoms with Crippen molar-refractivity contribution >= 4 is 110 Å². The molecule has 12 heteroatoms. The number of unbranched alkanes of at least 4 members (excludes halogenated alkanes) is 22. The van der Waals surface area contributed by atoms with E-state index in [0.29, 0.717) is 41.3 Å². The lowest BCUT2D eigenvalue weighted by Crippen LogP contribution is -2.37. The van der Waals surface area contributed by atoms with Crippen LogP contribution in [0.15, 0.2) is 109 Å². The predicted octanol–water partition coefficient (Wildman–Crippen LogP) is 27.8. The molecule has 6 atom stereocenters. The average Bonchev–Trinajstić information content (AvgIpc) is 1.55. The maximum Gasteiger partial charge on any atom is 0.261 e. The van der Waals surface area contributed by atoms with Crippen molar-refractivity contribution in [3.8, 4) is 29.3 Å². The molecular formula is C82H116N2O2S8. The van der Waals surface area contributed by atoms with E-state index < -0.39 is 0 Å². The second-order valence-electron chi connectivity index (χ2n) is 28.1. The highest BCUT2D eigenvalue weighted by Crippen LogP contribution is 2.58. The molecule has 0 N–H and O–H groups in total. The first-order valence-electron chi connectivity index (χ1n) is 38.2. The molecule has 0 saturated carbocycles. The number of allylic oxidation sites excluding steroid dienone is 4. The fraction of sp³-hybridized carbons (Fsp3) is 0.634. The SMILES string of the molecule is CCCCCCCCC(CCCCCC)CN1C(=O)C2=C(C3CC=C(C4=CC(CCCCCC)C(C5CC=C(C6=CCCS6)S5)S4)S3)N(CC(CCCCCC)CCCCCCCC)C(=O)C2=C1c1ccc(-c2cc(CCCCCC)c(-c3ccc(-c4cccs4)s3)s2)s1. The van der Waals surface area contributed by atoms with Crippen LogP contribution < -0.4 is 0 Å². The smallest absolute Gasteiger partial charge is 0.261 e. The Kier molecular flexibility index (Phi) is 31.2. The van der Waals surface area contributed by atoms with Gasteiger partial charge in [-0.05, 0) is 129 Å². The summed E-state index contributed by atoms with van der Waals surface area (Å²) in [4.78, 5) is 52.6. The van der Waals surface area contributed by atoms with Gasteiger partial charge in [0.05, 0.1) is 27.0 Å². The van der Waals surface area contributed by atoms with Crippen LogP contribution in [-0.4, -0.2) is 56.2 Å². The number of carbonyl (C=O) groups is 2. The van der Waals surface area contributed by atoms with Crippen molar-refractivity contribution in [3.05, 3.63) is 119 Å². The van der Waals surface area contributed by atoms with Gasteiger partial charge in [-0.3, -0.25) is 9.59 Å². The van der Waals surface area contributed by atoms with E-state index in [0.717, 1.165) is 72.4 Å². The number of hydrogen-bond acceptors (Lipinski definition) is 10. The van der Waals surface area contributed by atoms with Crippen LogP contribution in [0.4, 0.5) is 0 Å². The van der Waals surface area contributed by atoms with Crippen LogP contribution in [0.2, 0.25) is 0 Å². The monoisotopic (exact) mass is 1420 g/mol. The average molecular weight is 1420 g/mol. The summed E-state index contributed by atoms with van der Waals surface area (Å²) in [5.74, 6) is 2.74. The van der Waals surface area contributed by atoms with Gasteiger partial charge in [0.1, 0.15) is 0 Å². The summed E-state index contributed by atoms with van der Waals surface area (Å²) in [6, 6.07) is 16.3. The first kappa shape index (κ1) is 74.3. The second-order valence-corrected chi connectivity index (χ2v) is 37.2. The highest BCUT2D eigenvalue weighted by molar-refractivity contribution is 8.11. The summed E-state index contributed by atoms with van der Waals surface area (Å²) >= 11 is 15.9. The van der Waals surface area contributed by atoms with E-state index in [1.165, 1.54) is 253 Å². The van der Waals surface area contributed by atoms with Gasteiger partial charge in [-0.15, -0.1) is 92.4 Å². The first-order valence-corrected chi connectivity index (χ1v) is 45.2. The van der Waals surface area contributed by atoms with Crippen molar-refractivity contribution in [1.82, 2.24) is 9.80 Å². The topological polar surface area (TPSA) is 40.6 Å². The molecule has 0 aromatic carbocycles. The number of aryl methyl sites for hydroxylation is 1. The zero-order valence-electron chi connectivity index (χ0n) is 58.7. The highest BCUT2D eigenvalue weighted by Gasteiger charge is 2.52. The summed E-state index contributed by atoms with van der Waals surface area (Å²) < 4.78 is 0. The number of carbonyl (C=O) groups excluding carboxylic acids is 2. The summed E-state index contributed by atoms with van der Waals surface area (Å²) in [5.41, 5.74) is 4.89. The van der Waals surface area contributed by atoms with Crippen LogP contribution in [0.3, 0.4) is 0 Å². The van der Waals surface area contributed by atoms with Crippen molar-refractivity contribution in [1.29, 1.82) is 0 Å². The zero-order chi connectivity index (χ0) is 65.4.